The molecule has 0 aliphatic rings. The minimum absolute atomic E-state index is 0.442. The Morgan fingerprint density at radius 3 is 2.58 bits per heavy atom. The lowest BCUT2D eigenvalue weighted by atomic mass is 10.3. The van der Waals surface area contributed by atoms with Gasteiger partial charge in [0.15, 0.2) is 0 Å². The van der Waals surface area contributed by atoms with E-state index in [9.17, 15) is 0 Å². The number of hydrogen-bond acceptors (Lipinski definition) is 4. The van der Waals surface area contributed by atoms with Crippen LogP contribution < -0.4 is 10.1 Å². The second kappa shape index (κ2) is 4.66. The summed E-state index contributed by atoms with van der Waals surface area (Å²) in [6.07, 6.45) is 3.52. The number of ether oxygens (including phenoxy) is 1. The van der Waals surface area contributed by atoms with Gasteiger partial charge < -0.3 is 10.1 Å². The summed E-state index contributed by atoms with van der Waals surface area (Å²) < 4.78 is 5.10. The molecule has 12 heavy (non-hydrogen) atoms. The molecule has 0 spiro atoms. The largest absolute Gasteiger partial charge is 0.464 e. The third kappa shape index (κ3) is 2.47. The van der Waals surface area contributed by atoms with Gasteiger partial charge in [0.2, 0.25) is 0 Å². The van der Waals surface area contributed by atoms with Gasteiger partial charge in [-0.2, -0.15) is 0 Å². The fourth-order valence-electron chi connectivity index (χ4n) is 0.842. The lowest BCUT2D eigenvalue weighted by Crippen LogP contribution is -2.06. The van der Waals surface area contributed by atoms with Crippen molar-refractivity contribution >= 4 is 0 Å². The van der Waals surface area contributed by atoms with Crippen molar-refractivity contribution in [3.05, 3.63) is 18.0 Å². The van der Waals surface area contributed by atoms with Crippen molar-refractivity contribution in [2.24, 2.45) is 0 Å². The van der Waals surface area contributed by atoms with Crippen LogP contribution in [0.2, 0.25) is 0 Å². The average molecular weight is 167 g/mol. The second-order valence-electron chi connectivity index (χ2n) is 2.34. The molecule has 0 saturated heterocycles. The highest BCUT2D eigenvalue weighted by molar-refractivity contribution is 5.06. The number of hydrogen-bond donors (Lipinski definition) is 1. The zero-order valence-corrected chi connectivity index (χ0v) is 7.37. The molecule has 0 fully saturated rings. The number of nitrogens with one attached hydrogen (secondary N) is 1. The zero-order chi connectivity index (χ0) is 8.81. The molecule has 0 aromatic carbocycles. The summed E-state index contributed by atoms with van der Waals surface area (Å²) in [5, 5.41) is 3.01. The molecule has 0 amide bonds. The maximum absolute atomic E-state index is 5.10. The molecule has 0 saturated carbocycles. The van der Waals surface area contributed by atoms with Gasteiger partial charge in [0, 0.05) is 24.5 Å². The van der Waals surface area contributed by atoms with Crippen molar-refractivity contribution in [3.63, 3.8) is 0 Å². The van der Waals surface area contributed by atoms with E-state index in [1.807, 2.05) is 14.0 Å². The lowest BCUT2D eigenvalue weighted by molar-refractivity contribution is 0.312. The van der Waals surface area contributed by atoms with Crippen molar-refractivity contribution in [1.82, 2.24) is 15.3 Å². The van der Waals surface area contributed by atoms with E-state index in [4.69, 9.17) is 4.74 Å². The Kier molecular flexibility index (Phi) is 3.47. The first-order valence-electron chi connectivity index (χ1n) is 3.95. The van der Waals surface area contributed by atoms with Gasteiger partial charge in [-0.15, -0.1) is 0 Å². The van der Waals surface area contributed by atoms with Gasteiger partial charge in [-0.3, -0.25) is 0 Å². The summed E-state index contributed by atoms with van der Waals surface area (Å²) in [7, 11) is 1.89. The van der Waals surface area contributed by atoms with Crippen LogP contribution in [0.3, 0.4) is 0 Å². The van der Waals surface area contributed by atoms with Gasteiger partial charge in [-0.05, 0) is 14.0 Å². The van der Waals surface area contributed by atoms with Crippen LogP contribution in [0.4, 0.5) is 0 Å². The Hall–Kier alpha value is -1.16. The molecule has 0 bridgehead atoms. The van der Waals surface area contributed by atoms with Crippen LogP contribution in [0.1, 0.15) is 12.5 Å². The first-order valence-corrected chi connectivity index (χ1v) is 3.95. The van der Waals surface area contributed by atoms with Gasteiger partial charge >= 0.3 is 6.01 Å². The first kappa shape index (κ1) is 8.93. The van der Waals surface area contributed by atoms with Crippen LogP contribution in [0.25, 0.3) is 0 Å². The van der Waals surface area contributed by atoms with Crippen LogP contribution in [0.5, 0.6) is 6.01 Å². The molecule has 4 heteroatoms. The Bertz CT molecular complexity index is 197. The molecule has 0 atom stereocenters. The molecule has 0 aliphatic carbocycles. The first-order chi connectivity index (χ1) is 5.86. The van der Waals surface area contributed by atoms with Crippen molar-refractivity contribution in [2.75, 3.05) is 13.7 Å². The van der Waals surface area contributed by atoms with Gasteiger partial charge in [0.1, 0.15) is 0 Å². The Morgan fingerprint density at radius 2 is 2.08 bits per heavy atom. The predicted molar refractivity (Wildman–Crippen MR) is 46.0 cm³/mol. The summed E-state index contributed by atoms with van der Waals surface area (Å²) in [6.45, 7) is 3.29. The summed E-state index contributed by atoms with van der Waals surface area (Å²) in [5.41, 5.74) is 1.06. The fraction of sp³-hybridized carbons (Fsp3) is 0.500. The average Bonchev–Trinajstić information content (AvgIpc) is 2.09. The summed E-state index contributed by atoms with van der Waals surface area (Å²) in [4.78, 5) is 8.03. The molecule has 4 nitrogen and oxygen atoms in total. The topological polar surface area (TPSA) is 47.0 Å². The van der Waals surface area contributed by atoms with Crippen LogP contribution >= 0.6 is 0 Å². The third-order valence-electron chi connectivity index (χ3n) is 1.34. The Morgan fingerprint density at radius 1 is 1.42 bits per heavy atom. The molecular weight excluding hydrogens is 154 g/mol. The smallest absolute Gasteiger partial charge is 0.316 e. The van der Waals surface area contributed by atoms with Crippen LogP contribution in [0.15, 0.2) is 12.4 Å². The maximum Gasteiger partial charge on any atom is 0.316 e. The number of aromatic nitrogens is 2. The Balaban J connectivity index is 2.58. The highest BCUT2D eigenvalue weighted by atomic mass is 16.5. The molecule has 1 rings (SSSR count). The molecule has 66 valence electrons. The minimum Gasteiger partial charge on any atom is -0.464 e. The van der Waals surface area contributed by atoms with Gasteiger partial charge in [0.25, 0.3) is 0 Å². The third-order valence-corrected chi connectivity index (χ3v) is 1.34. The van der Waals surface area contributed by atoms with E-state index >= 15 is 0 Å². The SMILES string of the molecule is CCOc1ncc(CNC)cn1. The lowest BCUT2D eigenvalue weighted by Gasteiger charge is -2.01. The van der Waals surface area contributed by atoms with Gasteiger partial charge in [-0.1, -0.05) is 0 Å². The molecule has 1 N–H and O–H groups in total. The summed E-state index contributed by atoms with van der Waals surface area (Å²) >= 11 is 0. The molecule has 0 radical (unpaired) electrons. The van der Waals surface area contributed by atoms with E-state index < -0.39 is 0 Å². The standard InChI is InChI=1S/C8H13N3O/c1-3-12-8-10-5-7(4-9-2)6-11-8/h5-6,9H,3-4H2,1-2H3. The maximum atomic E-state index is 5.10. The van der Waals surface area contributed by atoms with Gasteiger partial charge in [-0.25, -0.2) is 9.97 Å². The van der Waals surface area contributed by atoms with Gasteiger partial charge in [0.05, 0.1) is 6.61 Å². The molecule has 1 aromatic heterocycles. The minimum atomic E-state index is 0.442. The number of rotatable bonds is 4. The van der Waals surface area contributed by atoms with E-state index in [0.717, 1.165) is 12.1 Å². The summed E-state index contributed by atoms with van der Waals surface area (Å²) in [5.74, 6) is 0. The molecular formula is C8H13N3O. The van der Waals surface area contributed by atoms with E-state index in [0.29, 0.717) is 12.6 Å². The molecule has 1 aromatic rings. The normalized spacial score (nSPS) is 9.83. The predicted octanol–water partition coefficient (Wildman–Crippen LogP) is 0.595. The van der Waals surface area contributed by atoms with Crippen molar-refractivity contribution in [3.8, 4) is 6.01 Å². The second-order valence-corrected chi connectivity index (χ2v) is 2.34. The molecule has 1 heterocycles. The molecule has 0 unspecified atom stereocenters. The monoisotopic (exact) mass is 167 g/mol. The summed E-state index contributed by atoms with van der Waals surface area (Å²) in [6, 6.07) is 0.442. The van der Waals surface area contributed by atoms with Crippen molar-refractivity contribution in [2.45, 2.75) is 13.5 Å². The van der Waals surface area contributed by atoms with E-state index in [2.05, 4.69) is 15.3 Å². The van der Waals surface area contributed by atoms with Crippen molar-refractivity contribution in [1.29, 1.82) is 0 Å². The van der Waals surface area contributed by atoms with Crippen molar-refractivity contribution < 1.29 is 4.74 Å². The highest BCUT2D eigenvalue weighted by Crippen LogP contribution is 2.01. The van der Waals surface area contributed by atoms with E-state index in [1.165, 1.54) is 0 Å². The van der Waals surface area contributed by atoms with Crippen LogP contribution in [0, 0.1) is 0 Å². The zero-order valence-electron chi connectivity index (χ0n) is 7.37. The number of nitrogens with zero attached hydrogens (tertiary/aromatic N) is 2. The fourth-order valence-corrected chi connectivity index (χ4v) is 0.842. The van der Waals surface area contributed by atoms with E-state index in [1.54, 1.807) is 12.4 Å². The van der Waals surface area contributed by atoms with E-state index in [-0.39, 0.29) is 0 Å². The Labute approximate surface area is 72.0 Å². The molecule has 0 aliphatic heterocycles. The van der Waals surface area contributed by atoms with Crippen LogP contribution in [-0.4, -0.2) is 23.6 Å². The van der Waals surface area contributed by atoms with Crippen LogP contribution in [-0.2, 0) is 6.54 Å². The highest BCUT2D eigenvalue weighted by Gasteiger charge is 1.95. The quantitative estimate of drug-likeness (QED) is 0.713.